The van der Waals surface area contributed by atoms with E-state index in [0.29, 0.717) is 23.4 Å². The molecule has 1 aromatic rings. The summed E-state index contributed by atoms with van der Waals surface area (Å²) in [6.45, 7) is 0. The van der Waals surface area contributed by atoms with Crippen LogP contribution in [0, 0.1) is 5.41 Å². The molecule has 1 saturated heterocycles. The summed E-state index contributed by atoms with van der Waals surface area (Å²) < 4.78 is 0. The summed E-state index contributed by atoms with van der Waals surface area (Å²) in [6, 6.07) is 6.98. The SMILES string of the molecule is O=C(C[C@@]1(C(=O)O)CCSC1)Nc1ccc(C(=O)NC2CCCC2)cc1. The third kappa shape index (κ3) is 4.38. The maximum absolute atomic E-state index is 12.3. The molecule has 0 radical (unpaired) electrons. The third-order valence-electron chi connectivity index (χ3n) is 5.18. The molecule has 1 aliphatic heterocycles. The number of amides is 2. The van der Waals surface area contributed by atoms with Gasteiger partial charge in [-0.15, -0.1) is 0 Å². The van der Waals surface area contributed by atoms with Gasteiger partial charge in [-0.2, -0.15) is 11.8 Å². The highest BCUT2D eigenvalue weighted by Gasteiger charge is 2.43. The molecule has 2 fully saturated rings. The highest BCUT2D eigenvalue weighted by atomic mass is 32.2. The summed E-state index contributed by atoms with van der Waals surface area (Å²) in [5.74, 6) is -0.0716. The van der Waals surface area contributed by atoms with Gasteiger partial charge in [-0.1, -0.05) is 12.8 Å². The van der Waals surface area contributed by atoms with Gasteiger partial charge in [-0.3, -0.25) is 14.4 Å². The minimum Gasteiger partial charge on any atom is -0.481 e. The van der Waals surface area contributed by atoms with E-state index in [1.54, 1.807) is 36.0 Å². The van der Waals surface area contributed by atoms with Crippen molar-refractivity contribution in [2.45, 2.75) is 44.6 Å². The zero-order valence-electron chi connectivity index (χ0n) is 14.6. The number of carboxylic acid groups (broad SMARTS) is 1. The van der Waals surface area contributed by atoms with Gasteiger partial charge in [-0.05, 0) is 49.3 Å². The molecule has 1 saturated carbocycles. The maximum atomic E-state index is 12.3. The molecule has 0 bridgehead atoms. The molecule has 140 valence electrons. The largest absolute Gasteiger partial charge is 0.481 e. The summed E-state index contributed by atoms with van der Waals surface area (Å²) in [4.78, 5) is 36.0. The first-order valence-electron chi connectivity index (χ1n) is 9.00. The number of rotatable bonds is 6. The first kappa shape index (κ1) is 18.8. The van der Waals surface area contributed by atoms with Crippen LogP contribution >= 0.6 is 11.8 Å². The van der Waals surface area contributed by atoms with Crippen LogP contribution in [0.3, 0.4) is 0 Å². The maximum Gasteiger partial charge on any atom is 0.311 e. The van der Waals surface area contributed by atoms with Gasteiger partial charge < -0.3 is 15.7 Å². The van der Waals surface area contributed by atoms with Crippen LogP contribution < -0.4 is 10.6 Å². The molecular weight excluding hydrogens is 352 g/mol. The van der Waals surface area contributed by atoms with E-state index in [2.05, 4.69) is 10.6 Å². The Labute approximate surface area is 157 Å². The van der Waals surface area contributed by atoms with E-state index in [9.17, 15) is 19.5 Å². The number of carboxylic acids is 1. The Morgan fingerprint density at radius 2 is 1.85 bits per heavy atom. The van der Waals surface area contributed by atoms with Crippen LogP contribution in [0.1, 0.15) is 48.9 Å². The molecular formula is C19H24N2O4S. The zero-order valence-corrected chi connectivity index (χ0v) is 15.4. The Kier molecular flexibility index (Phi) is 5.86. The van der Waals surface area contributed by atoms with Gasteiger partial charge in [0.05, 0.1) is 5.41 Å². The molecule has 1 aromatic carbocycles. The number of anilines is 1. The first-order chi connectivity index (χ1) is 12.5. The molecule has 1 heterocycles. The highest BCUT2D eigenvalue weighted by Crippen LogP contribution is 2.39. The van der Waals surface area contributed by atoms with E-state index < -0.39 is 11.4 Å². The predicted molar refractivity (Wildman–Crippen MR) is 101 cm³/mol. The van der Waals surface area contributed by atoms with E-state index in [4.69, 9.17) is 0 Å². The molecule has 26 heavy (non-hydrogen) atoms. The fourth-order valence-corrected chi connectivity index (χ4v) is 4.99. The molecule has 1 aliphatic carbocycles. The van der Waals surface area contributed by atoms with Crippen LogP contribution in [-0.2, 0) is 9.59 Å². The van der Waals surface area contributed by atoms with Crippen molar-refractivity contribution in [1.29, 1.82) is 0 Å². The van der Waals surface area contributed by atoms with Gasteiger partial charge in [0.2, 0.25) is 5.91 Å². The van der Waals surface area contributed by atoms with Crippen molar-refractivity contribution in [2.24, 2.45) is 5.41 Å². The van der Waals surface area contributed by atoms with Crippen LogP contribution in [0.5, 0.6) is 0 Å². The molecule has 0 unspecified atom stereocenters. The van der Waals surface area contributed by atoms with Gasteiger partial charge in [0.1, 0.15) is 0 Å². The van der Waals surface area contributed by atoms with E-state index in [1.807, 2.05) is 0 Å². The molecule has 7 heteroatoms. The van der Waals surface area contributed by atoms with Crippen molar-refractivity contribution in [1.82, 2.24) is 5.32 Å². The number of carbonyl (C=O) groups excluding carboxylic acids is 2. The first-order valence-corrected chi connectivity index (χ1v) is 10.2. The monoisotopic (exact) mass is 376 g/mol. The zero-order chi connectivity index (χ0) is 18.6. The van der Waals surface area contributed by atoms with Gasteiger partial charge in [0.25, 0.3) is 5.91 Å². The minimum atomic E-state index is -0.962. The molecule has 2 aliphatic rings. The van der Waals surface area contributed by atoms with Crippen molar-refractivity contribution in [3.8, 4) is 0 Å². The quantitative estimate of drug-likeness (QED) is 0.709. The topological polar surface area (TPSA) is 95.5 Å². The van der Waals surface area contributed by atoms with Crippen molar-refractivity contribution in [3.05, 3.63) is 29.8 Å². The van der Waals surface area contributed by atoms with Crippen LogP contribution in [-0.4, -0.2) is 40.4 Å². The Hall–Kier alpha value is -2.02. The molecule has 0 aromatic heterocycles. The van der Waals surface area contributed by atoms with Gasteiger partial charge in [0.15, 0.2) is 0 Å². The average molecular weight is 376 g/mol. The fraction of sp³-hybridized carbons (Fsp3) is 0.526. The number of carbonyl (C=O) groups is 3. The summed E-state index contributed by atoms with van der Waals surface area (Å²) >= 11 is 1.57. The summed E-state index contributed by atoms with van der Waals surface area (Å²) in [5, 5.41) is 15.2. The summed E-state index contributed by atoms with van der Waals surface area (Å²) in [6.07, 6.45) is 4.87. The number of hydrogen-bond acceptors (Lipinski definition) is 4. The average Bonchev–Trinajstić information content (AvgIpc) is 3.28. The number of hydrogen-bond donors (Lipinski definition) is 3. The van der Waals surface area contributed by atoms with Gasteiger partial charge in [-0.25, -0.2) is 0 Å². The van der Waals surface area contributed by atoms with Crippen molar-refractivity contribution >= 4 is 35.2 Å². The molecule has 0 spiro atoms. The Morgan fingerprint density at radius 3 is 2.42 bits per heavy atom. The molecule has 3 rings (SSSR count). The second-order valence-corrected chi connectivity index (χ2v) is 8.25. The lowest BCUT2D eigenvalue weighted by molar-refractivity contribution is -0.149. The molecule has 6 nitrogen and oxygen atoms in total. The summed E-state index contributed by atoms with van der Waals surface area (Å²) in [5.41, 5.74) is 0.165. The Morgan fingerprint density at radius 1 is 1.15 bits per heavy atom. The van der Waals surface area contributed by atoms with Crippen LogP contribution in [0.25, 0.3) is 0 Å². The summed E-state index contributed by atoms with van der Waals surface area (Å²) in [7, 11) is 0. The number of thioether (sulfide) groups is 1. The standard InChI is InChI=1S/C19H24N2O4S/c22-16(11-19(18(24)25)9-10-26-12-19)20-15-7-5-13(6-8-15)17(23)21-14-3-1-2-4-14/h5-8,14H,1-4,9-12H2,(H,20,22)(H,21,23)(H,24,25)/t19-/m0/s1. The lowest BCUT2D eigenvalue weighted by Crippen LogP contribution is -2.35. The molecule has 2 amide bonds. The number of benzene rings is 1. The molecule has 3 N–H and O–H groups in total. The second kappa shape index (κ2) is 8.12. The fourth-order valence-electron chi connectivity index (χ4n) is 3.55. The van der Waals surface area contributed by atoms with Crippen LogP contribution in [0.15, 0.2) is 24.3 Å². The Bertz CT molecular complexity index is 677. The number of aliphatic carboxylic acids is 1. The predicted octanol–water partition coefficient (Wildman–Crippen LogP) is 2.90. The highest BCUT2D eigenvalue weighted by molar-refractivity contribution is 7.99. The lowest BCUT2D eigenvalue weighted by Gasteiger charge is -2.22. The van der Waals surface area contributed by atoms with E-state index in [1.165, 1.54) is 0 Å². The van der Waals surface area contributed by atoms with Crippen molar-refractivity contribution < 1.29 is 19.5 Å². The van der Waals surface area contributed by atoms with Gasteiger partial charge >= 0.3 is 5.97 Å². The lowest BCUT2D eigenvalue weighted by atomic mass is 9.84. The smallest absolute Gasteiger partial charge is 0.311 e. The van der Waals surface area contributed by atoms with Gasteiger partial charge in [0, 0.05) is 29.5 Å². The molecule has 1 atom stereocenters. The number of nitrogens with one attached hydrogen (secondary N) is 2. The van der Waals surface area contributed by atoms with Crippen LogP contribution in [0.4, 0.5) is 5.69 Å². The third-order valence-corrected chi connectivity index (χ3v) is 6.43. The Balaban J connectivity index is 1.55. The van der Waals surface area contributed by atoms with Crippen molar-refractivity contribution in [2.75, 3.05) is 16.8 Å². The normalized spacial score (nSPS) is 22.9. The van der Waals surface area contributed by atoms with E-state index in [0.717, 1.165) is 31.4 Å². The van der Waals surface area contributed by atoms with E-state index >= 15 is 0 Å². The van der Waals surface area contributed by atoms with Crippen LogP contribution in [0.2, 0.25) is 0 Å². The second-order valence-electron chi connectivity index (χ2n) is 7.15. The minimum absolute atomic E-state index is 0.0285. The van der Waals surface area contributed by atoms with Crippen molar-refractivity contribution in [3.63, 3.8) is 0 Å². The van der Waals surface area contributed by atoms with E-state index in [-0.39, 0.29) is 24.3 Å².